The van der Waals surface area contributed by atoms with Crippen molar-refractivity contribution in [3.8, 4) is 11.1 Å². The maximum atomic E-state index is 12.4. The number of aliphatic imine (C=N–C) groups is 1. The number of amides is 1. The highest BCUT2D eigenvalue weighted by atomic mass is 16.5. The van der Waals surface area contributed by atoms with Crippen LogP contribution in [-0.2, 0) is 14.3 Å². The fourth-order valence-electron chi connectivity index (χ4n) is 2.98. The highest BCUT2D eigenvalue weighted by Crippen LogP contribution is 2.35. The molecule has 0 unspecified atom stereocenters. The van der Waals surface area contributed by atoms with E-state index in [2.05, 4.69) is 10.3 Å². The van der Waals surface area contributed by atoms with Crippen molar-refractivity contribution < 1.29 is 19.4 Å². The van der Waals surface area contributed by atoms with Gasteiger partial charge in [-0.05, 0) is 63.1 Å². The van der Waals surface area contributed by atoms with E-state index in [9.17, 15) is 14.7 Å². The number of hydrogen-bond donors (Lipinski definition) is 2. The Kier molecular flexibility index (Phi) is 15.9. The highest BCUT2D eigenvalue weighted by Gasteiger charge is 2.19. The summed E-state index contributed by atoms with van der Waals surface area (Å²) in [6.07, 6.45) is 3.72. The Morgan fingerprint density at radius 2 is 1.63 bits per heavy atom. The molecule has 0 aliphatic heterocycles. The number of ether oxygens (including phenoxy) is 1. The van der Waals surface area contributed by atoms with Crippen LogP contribution >= 0.6 is 0 Å². The average molecular weight is 481 g/mol. The van der Waals surface area contributed by atoms with E-state index in [0.717, 1.165) is 22.3 Å². The standard InChI is InChI=1S/C24H27NO4.C3H7N.C2H6/c1-5-16(3)22-19(18-11-8-7-9-12-18)13-10-14-20(22)23(27)17(4)24(28)25-15-21(26)29-6-2;1-3-4-2;1-2/h5,7-14,27H,6,15H2,1-4H3,(H,25,28);3H,1-2H3;1-2H3/b16-5-,23-17-;;. The minimum atomic E-state index is -0.523. The molecular formula is C29H40N2O4. The van der Waals surface area contributed by atoms with Crippen molar-refractivity contribution >= 4 is 29.4 Å². The van der Waals surface area contributed by atoms with E-state index in [1.165, 1.54) is 6.92 Å². The van der Waals surface area contributed by atoms with Crippen molar-refractivity contribution in [2.45, 2.75) is 48.5 Å². The second-order valence-electron chi connectivity index (χ2n) is 7.04. The first kappa shape index (κ1) is 31.3. The van der Waals surface area contributed by atoms with E-state index in [0.29, 0.717) is 5.56 Å². The Morgan fingerprint density at radius 3 is 2.14 bits per heavy atom. The number of nitrogens with zero attached hydrogens (tertiary/aromatic N) is 1. The molecule has 6 heteroatoms. The van der Waals surface area contributed by atoms with Crippen molar-refractivity contribution in [1.29, 1.82) is 0 Å². The molecule has 0 aliphatic rings. The summed E-state index contributed by atoms with van der Waals surface area (Å²) in [6, 6.07) is 15.5. The first-order valence-electron chi connectivity index (χ1n) is 11.8. The number of carbonyl (C=O) groups is 2. The summed E-state index contributed by atoms with van der Waals surface area (Å²) < 4.78 is 4.81. The monoisotopic (exact) mass is 480 g/mol. The number of benzene rings is 2. The van der Waals surface area contributed by atoms with Gasteiger partial charge in [-0.2, -0.15) is 0 Å². The zero-order chi connectivity index (χ0) is 26.8. The summed E-state index contributed by atoms with van der Waals surface area (Å²) in [5.74, 6) is -1.17. The minimum Gasteiger partial charge on any atom is -0.507 e. The van der Waals surface area contributed by atoms with Crippen molar-refractivity contribution in [3.05, 3.63) is 71.3 Å². The number of esters is 1. The SMILES string of the molecule is C/C=C(/C)c1c(/C(O)=C(\C)C(=O)NCC(=O)OCC)cccc1-c1ccccc1.CC.CC=NC. The summed E-state index contributed by atoms with van der Waals surface area (Å²) in [7, 11) is 1.75. The predicted octanol–water partition coefficient (Wildman–Crippen LogP) is 6.48. The largest absolute Gasteiger partial charge is 0.507 e. The second-order valence-corrected chi connectivity index (χ2v) is 7.04. The number of hydrogen-bond acceptors (Lipinski definition) is 5. The third-order valence-corrected chi connectivity index (χ3v) is 4.88. The van der Waals surface area contributed by atoms with Gasteiger partial charge in [-0.1, -0.05) is 68.5 Å². The van der Waals surface area contributed by atoms with Gasteiger partial charge in [0.1, 0.15) is 12.3 Å². The summed E-state index contributed by atoms with van der Waals surface area (Å²) in [5.41, 5.74) is 4.50. The van der Waals surface area contributed by atoms with Crippen LogP contribution in [0.5, 0.6) is 0 Å². The normalized spacial score (nSPS) is 11.4. The molecule has 0 spiro atoms. The molecular weight excluding hydrogens is 440 g/mol. The number of rotatable bonds is 7. The van der Waals surface area contributed by atoms with Crippen LogP contribution < -0.4 is 5.32 Å². The van der Waals surface area contributed by atoms with E-state index < -0.39 is 11.9 Å². The Labute approximate surface area is 210 Å². The van der Waals surface area contributed by atoms with Crippen LogP contribution in [0.2, 0.25) is 0 Å². The molecule has 0 radical (unpaired) electrons. The maximum Gasteiger partial charge on any atom is 0.325 e. The summed E-state index contributed by atoms with van der Waals surface area (Å²) in [6.45, 7) is 13.0. The molecule has 0 fully saturated rings. The van der Waals surface area contributed by atoms with Crippen molar-refractivity contribution in [2.75, 3.05) is 20.2 Å². The first-order chi connectivity index (χ1) is 16.8. The number of aliphatic hydroxyl groups excluding tert-OH is 1. The number of allylic oxidation sites excluding steroid dienone is 2. The third kappa shape index (κ3) is 10.0. The minimum absolute atomic E-state index is 0.125. The maximum absolute atomic E-state index is 12.4. The molecule has 0 heterocycles. The van der Waals surface area contributed by atoms with Gasteiger partial charge in [-0.3, -0.25) is 9.59 Å². The van der Waals surface area contributed by atoms with Gasteiger partial charge in [0.05, 0.1) is 12.2 Å². The predicted molar refractivity (Wildman–Crippen MR) is 148 cm³/mol. The quantitative estimate of drug-likeness (QED) is 0.205. The van der Waals surface area contributed by atoms with Gasteiger partial charge in [0, 0.05) is 12.6 Å². The zero-order valence-corrected chi connectivity index (χ0v) is 22.3. The lowest BCUT2D eigenvalue weighted by Crippen LogP contribution is -2.31. The lowest BCUT2D eigenvalue weighted by atomic mass is 9.89. The van der Waals surface area contributed by atoms with E-state index >= 15 is 0 Å². The number of aliphatic hydroxyl groups is 1. The van der Waals surface area contributed by atoms with Gasteiger partial charge in [-0.15, -0.1) is 0 Å². The van der Waals surface area contributed by atoms with Gasteiger partial charge in [0.15, 0.2) is 0 Å². The Hall–Kier alpha value is -3.67. The van der Waals surface area contributed by atoms with E-state index in [4.69, 9.17) is 4.74 Å². The Bertz CT molecular complexity index is 1020. The third-order valence-electron chi connectivity index (χ3n) is 4.88. The van der Waals surface area contributed by atoms with Gasteiger partial charge >= 0.3 is 5.97 Å². The summed E-state index contributed by atoms with van der Waals surface area (Å²) in [5, 5.41) is 13.4. The molecule has 0 saturated carbocycles. The lowest BCUT2D eigenvalue weighted by Gasteiger charge is -2.17. The average Bonchev–Trinajstić information content (AvgIpc) is 2.91. The summed E-state index contributed by atoms with van der Waals surface area (Å²) >= 11 is 0. The molecule has 0 saturated heterocycles. The molecule has 2 aromatic carbocycles. The fraction of sp³-hybridized carbons (Fsp3) is 0.345. The molecule has 2 N–H and O–H groups in total. The van der Waals surface area contributed by atoms with Crippen LogP contribution in [0.3, 0.4) is 0 Å². The van der Waals surface area contributed by atoms with Crippen LogP contribution in [0.1, 0.15) is 59.6 Å². The Morgan fingerprint density at radius 1 is 1.03 bits per heavy atom. The smallest absolute Gasteiger partial charge is 0.325 e. The molecule has 0 aromatic heterocycles. The highest BCUT2D eigenvalue weighted by molar-refractivity contribution is 6.02. The van der Waals surface area contributed by atoms with Crippen LogP contribution in [0.4, 0.5) is 0 Å². The zero-order valence-electron chi connectivity index (χ0n) is 22.3. The molecule has 35 heavy (non-hydrogen) atoms. The van der Waals surface area contributed by atoms with E-state index in [1.807, 2.05) is 83.2 Å². The molecule has 0 atom stereocenters. The first-order valence-corrected chi connectivity index (χ1v) is 11.8. The molecule has 6 nitrogen and oxygen atoms in total. The Balaban J connectivity index is 0.00000174. The molecule has 2 aromatic rings. The number of carbonyl (C=O) groups excluding carboxylic acids is 2. The van der Waals surface area contributed by atoms with E-state index in [-0.39, 0.29) is 24.5 Å². The van der Waals surface area contributed by atoms with E-state index in [1.54, 1.807) is 26.3 Å². The molecule has 1 amide bonds. The lowest BCUT2D eigenvalue weighted by molar-refractivity contribution is -0.143. The molecule has 0 aliphatic carbocycles. The fourth-order valence-corrected chi connectivity index (χ4v) is 2.98. The van der Waals surface area contributed by atoms with Crippen molar-refractivity contribution in [1.82, 2.24) is 5.32 Å². The van der Waals surface area contributed by atoms with Crippen LogP contribution in [0.15, 0.2) is 65.2 Å². The van der Waals surface area contributed by atoms with Gasteiger partial charge < -0.3 is 20.2 Å². The van der Waals surface area contributed by atoms with Crippen molar-refractivity contribution in [2.24, 2.45) is 4.99 Å². The second kappa shape index (κ2) is 17.8. The van der Waals surface area contributed by atoms with Crippen molar-refractivity contribution in [3.63, 3.8) is 0 Å². The summed E-state index contributed by atoms with van der Waals surface area (Å²) in [4.78, 5) is 27.5. The van der Waals surface area contributed by atoms with Crippen LogP contribution in [0.25, 0.3) is 22.5 Å². The van der Waals surface area contributed by atoms with Crippen LogP contribution in [-0.4, -0.2) is 43.4 Å². The topological polar surface area (TPSA) is 88.0 Å². The van der Waals surface area contributed by atoms with Gasteiger partial charge in [0.2, 0.25) is 0 Å². The van der Waals surface area contributed by atoms with Crippen LogP contribution in [0, 0.1) is 0 Å². The molecule has 0 bridgehead atoms. The molecule has 2 rings (SSSR count). The molecule has 190 valence electrons. The van der Waals surface area contributed by atoms with Gasteiger partial charge in [-0.25, -0.2) is 0 Å². The number of nitrogens with one attached hydrogen (secondary N) is 1. The van der Waals surface area contributed by atoms with Gasteiger partial charge in [0.25, 0.3) is 5.91 Å².